The van der Waals surface area contributed by atoms with Gasteiger partial charge in [0.15, 0.2) is 0 Å². The van der Waals surface area contributed by atoms with Crippen LogP contribution in [0.3, 0.4) is 0 Å². The molecular formula is C30H53N5O4S2. The van der Waals surface area contributed by atoms with Crippen molar-refractivity contribution >= 4 is 25.9 Å². The van der Waals surface area contributed by atoms with E-state index in [1.54, 1.807) is 25.0 Å². The van der Waals surface area contributed by atoms with Gasteiger partial charge in [-0.25, -0.2) is 8.42 Å². The highest BCUT2D eigenvalue weighted by atomic mass is 32.2. The lowest BCUT2D eigenvalue weighted by Gasteiger charge is -2.34. The summed E-state index contributed by atoms with van der Waals surface area (Å²) in [5.74, 6) is 0.899. The summed E-state index contributed by atoms with van der Waals surface area (Å²) in [6.45, 7) is 9.40. The molecule has 0 bridgehead atoms. The van der Waals surface area contributed by atoms with Crippen molar-refractivity contribution in [3.63, 3.8) is 0 Å². The van der Waals surface area contributed by atoms with Crippen LogP contribution in [0.25, 0.3) is 0 Å². The van der Waals surface area contributed by atoms with E-state index < -0.39 is 20.2 Å². The summed E-state index contributed by atoms with van der Waals surface area (Å²) in [6.07, 6.45) is 8.85. The first kappa shape index (κ1) is 32.7. The van der Waals surface area contributed by atoms with Gasteiger partial charge in [-0.15, -0.1) is 0 Å². The van der Waals surface area contributed by atoms with Crippen molar-refractivity contribution in [3.8, 4) is 0 Å². The third kappa shape index (κ3) is 8.66. The van der Waals surface area contributed by atoms with E-state index >= 15 is 0 Å². The molecule has 1 saturated carbocycles. The van der Waals surface area contributed by atoms with E-state index in [9.17, 15) is 16.8 Å². The number of sulfonamides is 1. The molecule has 0 unspecified atom stereocenters. The summed E-state index contributed by atoms with van der Waals surface area (Å²) >= 11 is 0. The summed E-state index contributed by atoms with van der Waals surface area (Å²) in [5.41, 5.74) is 0.946. The summed E-state index contributed by atoms with van der Waals surface area (Å²) in [6, 6.07) is 7.05. The molecule has 3 aliphatic rings. The Morgan fingerprint density at radius 2 is 1.24 bits per heavy atom. The maximum absolute atomic E-state index is 13.9. The van der Waals surface area contributed by atoms with Crippen molar-refractivity contribution in [2.75, 3.05) is 77.9 Å². The fourth-order valence-corrected chi connectivity index (χ4v) is 10.2. The van der Waals surface area contributed by atoms with Crippen molar-refractivity contribution in [3.05, 3.63) is 24.3 Å². The topological polar surface area (TPSA) is 84.5 Å². The Bertz CT molecular complexity index is 1170. The molecule has 0 N–H and O–H groups in total. The average Bonchev–Trinajstić information content (AvgIpc) is 3.38. The first-order chi connectivity index (χ1) is 19.5. The predicted octanol–water partition coefficient (Wildman–Crippen LogP) is 3.94. The van der Waals surface area contributed by atoms with Gasteiger partial charge in [0.2, 0.25) is 10.0 Å². The van der Waals surface area contributed by atoms with Crippen molar-refractivity contribution in [1.82, 2.24) is 17.8 Å². The maximum Gasteiger partial charge on any atom is 0.281 e. The van der Waals surface area contributed by atoms with Gasteiger partial charge >= 0.3 is 0 Å². The summed E-state index contributed by atoms with van der Waals surface area (Å²) in [7, 11) is -3.46. The molecule has 1 aromatic rings. The minimum Gasteiger partial charge on any atom is -0.378 e. The Kier molecular flexibility index (Phi) is 11.5. The first-order valence-corrected chi connectivity index (χ1v) is 18.6. The van der Waals surface area contributed by atoms with Crippen LogP contribution in [-0.4, -0.2) is 108 Å². The zero-order chi connectivity index (χ0) is 29.6. The number of hydrogen-bond donors (Lipinski definition) is 0. The standard InChI is InChI=1S/C30H53N5O4S2/c1-26-16-21-35(22-26)41(38,39)34-20-9-18-32(25-28-10-6-5-7-11-28)17-8-19-33(23-27(2)24-34)40(36,37)30-14-12-29(13-15-30)31(3)4/h12-15,26-28H,5-11,16-25H2,1-4H3/t26-,27-/m0/s1. The molecule has 0 amide bonds. The van der Waals surface area contributed by atoms with Gasteiger partial charge in [0.1, 0.15) is 0 Å². The van der Waals surface area contributed by atoms with E-state index in [4.69, 9.17) is 0 Å². The molecule has 2 atom stereocenters. The van der Waals surface area contributed by atoms with E-state index in [0.29, 0.717) is 51.1 Å². The van der Waals surface area contributed by atoms with Crippen LogP contribution in [0.2, 0.25) is 0 Å². The SMILES string of the molecule is C[C@H]1CCN(S(=O)(=O)N2CCCN(CC3CCCCC3)CCCN(S(=O)(=O)c3ccc(N(C)C)cc3)C[C@H](C)C2)C1. The lowest BCUT2D eigenvalue weighted by molar-refractivity contribution is 0.179. The van der Waals surface area contributed by atoms with Gasteiger partial charge < -0.3 is 9.80 Å². The Morgan fingerprint density at radius 3 is 1.83 bits per heavy atom. The Morgan fingerprint density at radius 1 is 0.683 bits per heavy atom. The molecule has 1 aliphatic carbocycles. The molecule has 0 spiro atoms. The third-order valence-electron chi connectivity index (χ3n) is 9.07. The van der Waals surface area contributed by atoms with Gasteiger partial charge in [-0.1, -0.05) is 33.1 Å². The van der Waals surface area contributed by atoms with Crippen LogP contribution in [0.4, 0.5) is 5.69 Å². The minimum absolute atomic E-state index is 0.140. The van der Waals surface area contributed by atoms with Gasteiger partial charge in [-0.2, -0.15) is 21.3 Å². The molecule has 9 nitrogen and oxygen atoms in total. The van der Waals surface area contributed by atoms with E-state index in [1.807, 2.05) is 38.1 Å². The normalized spacial score (nSPS) is 26.4. The van der Waals surface area contributed by atoms with Crippen LogP contribution in [0, 0.1) is 17.8 Å². The molecule has 2 saturated heterocycles. The second-order valence-electron chi connectivity index (χ2n) is 13.0. The second kappa shape index (κ2) is 14.5. The van der Waals surface area contributed by atoms with Crippen LogP contribution in [-0.2, 0) is 20.2 Å². The summed E-state index contributed by atoms with van der Waals surface area (Å²) < 4.78 is 60.3. The lowest BCUT2D eigenvalue weighted by atomic mass is 9.89. The van der Waals surface area contributed by atoms with E-state index in [0.717, 1.165) is 44.6 Å². The molecule has 1 aromatic carbocycles. The number of rotatable bonds is 7. The molecule has 2 heterocycles. The van der Waals surface area contributed by atoms with Crippen LogP contribution < -0.4 is 4.90 Å². The molecule has 0 aromatic heterocycles. The van der Waals surface area contributed by atoms with Gasteiger partial charge in [0, 0.05) is 65.6 Å². The first-order valence-electron chi connectivity index (χ1n) is 15.7. The van der Waals surface area contributed by atoms with Crippen LogP contribution in [0.1, 0.15) is 65.2 Å². The minimum atomic E-state index is -3.73. The van der Waals surface area contributed by atoms with E-state index in [-0.39, 0.29) is 10.8 Å². The van der Waals surface area contributed by atoms with Crippen LogP contribution in [0.5, 0.6) is 0 Å². The monoisotopic (exact) mass is 611 g/mol. The largest absolute Gasteiger partial charge is 0.378 e. The van der Waals surface area contributed by atoms with Crippen molar-refractivity contribution in [2.45, 2.75) is 70.1 Å². The highest BCUT2D eigenvalue weighted by molar-refractivity contribution is 7.89. The highest BCUT2D eigenvalue weighted by Crippen LogP contribution is 2.27. The second-order valence-corrected chi connectivity index (χ2v) is 16.9. The van der Waals surface area contributed by atoms with Gasteiger partial charge in [0.25, 0.3) is 10.2 Å². The Balaban J connectivity index is 1.57. The maximum atomic E-state index is 13.9. The van der Waals surface area contributed by atoms with Crippen molar-refractivity contribution < 1.29 is 16.8 Å². The van der Waals surface area contributed by atoms with E-state index in [2.05, 4.69) is 11.8 Å². The summed E-state index contributed by atoms with van der Waals surface area (Å²) in [5, 5.41) is 0. The molecule has 4 rings (SSSR count). The zero-order valence-electron chi connectivity index (χ0n) is 25.7. The lowest BCUT2D eigenvalue weighted by Crippen LogP contribution is -2.48. The number of nitrogens with zero attached hydrogens (tertiary/aromatic N) is 5. The predicted molar refractivity (Wildman–Crippen MR) is 167 cm³/mol. The van der Waals surface area contributed by atoms with E-state index in [1.165, 1.54) is 32.1 Å². The Hall–Kier alpha value is -1.24. The molecular weight excluding hydrogens is 558 g/mol. The number of benzene rings is 1. The van der Waals surface area contributed by atoms with Crippen molar-refractivity contribution in [2.24, 2.45) is 17.8 Å². The fourth-order valence-electron chi connectivity index (χ4n) is 6.67. The van der Waals surface area contributed by atoms with Gasteiger partial charge in [0.05, 0.1) is 4.90 Å². The molecule has 3 fully saturated rings. The van der Waals surface area contributed by atoms with Gasteiger partial charge in [-0.05, 0) is 87.2 Å². The molecule has 2 aliphatic heterocycles. The van der Waals surface area contributed by atoms with Crippen LogP contribution in [0.15, 0.2) is 29.2 Å². The molecule has 0 radical (unpaired) electrons. The molecule has 234 valence electrons. The van der Waals surface area contributed by atoms with Crippen LogP contribution >= 0.6 is 0 Å². The third-order valence-corrected chi connectivity index (χ3v) is 12.9. The molecule has 11 heteroatoms. The highest BCUT2D eigenvalue weighted by Gasteiger charge is 2.36. The summed E-state index contributed by atoms with van der Waals surface area (Å²) in [4.78, 5) is 4.71. The number of hydrogen-bond acceptors (Lipinski definition) is 6. The molecule has 41 heavy (non-hydrogen) atoms. The fraction of sp³-hybridized carbons (Fsp3) is 0.800. The average molecular weight is 612 g/mol. The number of anilines is 1. The smallest absolute Gasteiger partial charge is 0.281 e. The Labute approximate surface area is 250 Å². The van der Waals surface area contributed by atoms with Crippen molar-refractivity contribution in [1.29, 1.82) is 0 Å². The quantitative estimate of drug-likeness (QED) is 0.465. The van der Waals surface area contributed by atoms with Gasteiger partial charge in [-0.3, -0.25) is 0 Å². The zero-order valence-corrected chi connectivity index (χ0v) is 27.4.